The van der Waals surface area contributed by atoms with Crippen LogP contribution in [0.15, 0.2) is 30.3 Å². The molecule has 1 amide bonds. The maximum atomic E-state index is 17.1. The Hall–Kier alpha value is -3.22. The number of halogens is 3. The number of aromatic nitrogens is 2. The average molecular weight is 701 g/mol. The molecule has 6 aliphatic rings. The molecule has 3 saturated carbocycles. The molecular weight excluding hydrogens is 660 g/mol. The van der Waals surface area contributed by atoms with E-state index in [0.29, 0.717) is 46.6 Å². The molecule has 6 fully saturated rings. The largest absolute Gasteiger partial charge is 0.370 e. The molecule has 2 aromatic carbocycles. The van der Waals surface area contributed by atoms with Crippen LogP contribution in [-0.4, -0.2) is 51.2 Å². The van der Waals surface area contributed by atoms with Gasteiger partial charge in [-0.05, 0) is 88.5 Å². The van der Waals surface area contributed by atoms with Crippen LogP contribution in [0.2, 0.25) is 10.0 Å². The maximum absolute atomic E-state index is 17.1. The molecule has 0 radical (unpaired) electrons. The first-order chi connectivity index (χ1) is 23.7. The van der Waals surface area contributed by atoms with E-state index in [-0.39, 0.29) is 52.6 Å². The third-order valence-corrected chi connectivity index (χ3v) is 12.9. The number of nitrogens with one attached hydrogen (secondary N) is 1. The Morgan fingerprint density at radius 3 is 2.69 bits per heavy atom. The van der Waals surface area contributed by atoms with Crippen LogP contribution in [0.4, 0.5) is 4.39 Å². The summed E-state index contributed by atoms with van der Waals surface area (Å²) in [5.41, 5.74) is 4.47. The monoisotopic (exact) mass is 699 g/mol. The number of rotatable bonds is 8. The fraction of sp³-hybridized carbons (Fsp3) is 0.513. The smallest absolute Gasteiger partial charge is 0.226 e. The van der Waals surface area contributed by atoms with Gasteiger partial charge in [-0.15, -0.1) is 0 Å². The van der Waals surface area contributed by atoms with E-state index in [9.17, 15) is 10.1 Å². The number of nitrogens with zero attached hydrogens (tertiary/aromatic N) is 4. The zero-order valence-corrected chi connectivity index (χ0v) is 29.4. The first-order valence-corrected chi connectivity index (χ1v) is 18.6. The van der Waals surface area contributed by atoms with Crippen molar-refractivity contribution in [2.75, 3.05) is 13.1 Å². The van der Waals surface area contributed by atoms with Crippen molar-refractivity contribution in [1.29, 1.82) is 5.26 Å². The third-order valence-electron chi connectivity index (χ3n) is 12.1. The molecule has 5 atom stereocenters. The van der Waals surface area contributed by atoms with Gasteiger partial charge < -0.3 is 19.5 Å². The number of aryl methyl sites for hydroxylation is 2. The van der Waals surface area contributed by atoms with Crippen LogP contribution in [0.25, 0.3) is 32.9 Å². The minimum atomic E-state index is -0.461. The number of benzene rings is 2. The van der Waals surface area contributed by atoms with E-state index in [2.05, 4.69) is 33.8 Å². The molecule has 0 unspecified atom stereocenters. The molecule has 5 heterocycles. The molecular formula is C39H40Cl2FN5O2. The van der Waals surface area contributed by atoms with Crippen molar-refractivity contribution in [3.05, 3.63) is 63.1 Å². The van der Waals surface area contributed by atoms with E-state index in [4.69, 9.17) is 32.9 Å². The first kappa shape index (κ1) is 31.7. The Bertz CT molecular complexity index is 2070. The molecule has 2 aromatic heterocycles. The number of carbonyl (C=O) groups excluding carboxylic acids is 1. The van der Waals surface area contributed by atoms with Crippen LogP contribution >= 0.6 is 23.2 Å². The van der Waals surface area contributed by atoms with E-state index in [1.807, 2.05) is 13.0 Å². The molecule has 3 saturated heterocycles. The van der Waals surface area contributed by atoms with Crippen LogP contribution in [0, 0.1) is 35.9 Å². The molecule has 7 nitrogen and oxygen atoms in total. The lowest BCUT2D eigenvalue weighted by atomic mass is 9.79. The van der Waals surface area contributed by atoms with Crippen LogP contribution in [-0.2, 0) is 16.0 Å². The van der Waals surface area contributed by atoms with E-state index >= 15 is 4.39 Å². The van der Waals surface area contributed by atoms with Gasteiger partial charge in [0.05, 0.1) is 45.4 Å². The fourth-order valence-corrected chi connectivity index (χ4v) is 9.66. The highest BCUT2D eigenvalue weighted by Crippen LogP contribution is 2.52. The SMILES string of the molecule is Cc1nc2c(F)c(-c3cccc(Cl)c3Cl)c(CCC#N)cc2c2c1cc([C@H]1C[C@H](OC3(C)CCC3)CN1C(=O)C1CC1)n2[C@H]1[C@H]2CN[C@@H]1C2. The number of carbonyl (C=O) groups is 1. The topological polar surface area (TPSA) is 83.2 Å². The van der Waals surface area contributed by atoms with Crippen molar-refractivity contribution in [2.24, 2.45) is 11.8 Å². The van der Waals surface area contributed by atoms with Crippen molar-refractivity contribution in [3.63, 3.8) is 0 Å². The molecule has 1 N–H and O–H groups in total. The van der Waals surface area contributed by atoms with Gasteiger partial charge in [0.15, 0.2) is 5.82 Å². The van der Waals surface area contributed by atoms with Gasteiger partial charge >= 0.3 is 0 Å². The van der Waals surface area contributed by atoms with Gasteiger partial charge in [0.25, 0.3) is 0 Å². The first-order valence-electron chi connectivity index (χ1n) is 17.9. The molecule has 3 aliphatic carbocycles. The van der Waals surface area contributed by atoms with E-state index in [1.54, 1.807) is 18.2 Å². The highest BCUT2D eigenvalue weighted by Gasteiger charge is 2.51. The summed E-state index contributed by atoms with van der Waals surface area (Å²) in [6.07, 6.45) is 7.57. The summed E-state index contributed by atoms with van der Waals surface area (Å²) >= 11 is 13.1. The molecule has 49 heavy (non-hydrogen) atoms. The van der Waals surface area contributed by atoms with Gasteiger partial charge in [-0.3, -0.25) is 4.79 Å². The number of hydrogen-bond acceptors (Lipinski definition) is 5. The second-order valence-corrected chi connectivity index (χ2v) is 16.1. The minimum Gasteiger partial charge on any atom is -0.370 e. The van der Waals surface area contributed by atoms with Crippen molar-refractivity contribution in [3.8, 4) is 17.2 Å². The van der Waals surface area contributed by atoms with Gasteiger partial charge in [0.1, 0.15) is 5.52 Å². The number of amides is 1. The summed E-state index contributed by atoms with van der Waals surface area (Å²) in [5.74, 6) is 0.314. The zero-order valence-electron chi connectivity index (χ0n) is 27.9. The van der Waals surface area contributed by atoms with E-state index in [0.717, 1.165) is 72.7 Å². The van der Waals surface area contributed by atoms with E-state index in [1.165, 1.54) is 6.42 Å². The van der Waals surface area contributed by atoms with Crippen LogP contribution in [0.5, 0.6) is 0 Å². The van der Waals surface area contributed by atoms with Crippen LogP contribution < -0.4 is 5.32 Å². The van der Waals surface area contributed by atoms with Gasteiger partial charge in [-0.2, -0.15) is 5.26 Å². The lowest BCUT2D eigenvalue weighted by molar-refractivity contribution is -0.138. The average Bonchev–Trinajstić information content (AvgIpc) is 3.36. The summed E-state index contributed by atoms with van der Waals surface area (Å²) in [6, 6.07) is 12.1. The predicted molar refractivity (Wildman–Crippen MR) is 189 cm³/mol. The number of fused-ring (bicyclic) bond motifs is 4. The standard InChI is InChI=1S/C39H40Cl2FN5O2/c1-20-26-17-31(30-16-24(49-39(2)11-5-12-39)19-46(30)38(48)21-9-10-21)47(36-23-15-29(36)44-18-23)37(26)27-14-22(6-4-13-43)32(34(42)35(27)45-20)25-7-3-8-28(40)33(25)41/h3,7-8,14,17,21,23-24,29-30,36,44H,4-6,9-12,15-16,18-19H2,1-2H3/t23-,24+,29-,30-,36+/m1/s1. The van der Waals surface area contributed by atoms with Gasteiger partial charge in [0, 0.05) is 71.2 Å². The summed E-state index contributed by atoms with van der Waals surface area (Å²) in [7, 11) is 0. The Balaban J connectivity index is 1.27. The van der Waals surface area contributed by atoms with Crippen molar-refractivity contribution in [1.82, 2.24) is 19.8 Å². The van der Waals surface area contributed by atoms with Crippen molar-refractivity contribution < 1.29 is 13.9 Å². The predicted octanol–water partition coefficient (Wildman–Crippen LogP) is 8.61. The second kappa shape index (κ2) is 11.7. The number of pyridine rings is 1. The molecule has 2 bridgehead atoms. The summed E-state index contributed by atoms with van der Waals surface area (Å²) < 4.78 is 26.3. The lowest BCUT2D eigenvalue weighted by Crippen LogP contribution is -2.42. The second-order valence-electron chi connectivity index (χ2n) is 15.3. The van der Waals surface area contributed by atoms with Gasteiger partial charge in [0.2, 0.25) is 5.91 Å². The highest BCUT2D eigenvalue weighted by molar-refractivity contribution is 6.43. The molecule has 4 aromatic rings. The number of hydrogen-bond donors (Lipinski definition) is 1. The molecule has 3 aliphatic heterocycles. The van der Waals surface area contributed by atoms with Crippen molar-refractivity contribution >= 4 is 50.9 Å². The quantitative estimate of drug-likeness (QED) is 0.199. The Kier molecular flexibility index (Phi) is 7.56. The number of likely N-dealkylation sites (tertiary alicyclic amines) is 1. The summed E-state index contributed by atoms with van der Waals surface area (Å²) in [4.78, 5) is 21.0. The summed E-state index contributed by atoms with van der Waals surface area (Å²) in [6.45, 7) is 5.69. The molecule has 254 valence electrons. The fourth-order valence-electron chi connectivity index (χ4n) is 9.27. The molecule has 0 spiro atoms. The van der Waals surface area contributed by atoms with Gasteiger partial charge in [-0.25, -0.2) is 9.37 Å². The Morgan fingerprint density at radius 1 is 1.20 bits per heavy atom. The zero-order chi connectivity index (χ0) is 33.8. The maximum Gasteiger partial charge on any atom is 0.226 e. The molecule has 10 heteroatoms. The summed E-state index contributed by atoms with van der Waals surface area (Å²) in [5, 5.41) is 15.6. The van der Waals surface area contributed by atoms with Gasteiger partial charge in [-0.1, -0.05) is 35.3 Å². The van der Waals surface area contributed by atoms with Crippen LogP contribution in [0.1, 0.15) is 87.3 Å². The van der Waals surface area contributed by atoms with Crippen molar-refractivity contribution in [2.45, 2.75) is 101 Å². The van der Waals surface area contributed by atoms with Crippen LogP contribution in [0.3, 0.4) is 0 Å². The Labute approximate surface area is 295 Å². The third kappa shape index (κ3) is 5.02. The molecule has 10 rings (SSSR count). The lowest BCUT2D eigenvalue weighted by Gasteiger charge is -2.40. The normalized spacial score (nSPS) is 27.0. The highest BCUT2D eigenvalue weighted by atomic mass is 35.5. The van der Waals surface area contributed by atoms with E-state index < -0.39 is 5.82 Å². The number of nitriles is 1. The number of ether oxygens (including phenoxy) is 1. The Morgan fingerprint density at radius 2 is 2.02 bits per heavy atom. The minimum absolute atomic E-state index is 0.0308.